The van der Waals surface area contributed by atoms with Crippen molar-refractivity contribution in [2.24, 2.45) is 5.73 Å². The number of unbranched alkanes of at least 4 members (excludes halogenated alkanes) is 1. The summed E-state index contributed by atoms with van der Waals surface area (Å²) in [6.45, 7) is 2.22. The molecule has 0 aliphatic carbocycles. The van der Waals surface area contributed by atoms with Gasteiger partial charge in [0.05, 0.1) is 13.0 Å². The van der Waals surface area contributed by atoms with Crippen LogP contribution < -0.4 is 10.6 Å². The van der Waals surface area contributed by atoms with Crippen molar-refractivity contribution in [3.63, 3.8) is 0 Å². The van der Waals surface area contributed by atoms with Crippen LogP contribution >= 0.6 is 0 Å². The van der Waals surface area contributed by atoms with Crippen LogP contribution in [0.1, 0.15) is 37.8 Å². The van der Waals surface area contributed by atoms with E-state index in [1.165, 1.54) is 0 Å². The third-order valence-electron chi connectivity index (χ3n) is 3.14. The summed E-state index contributed by atoms with van der Waals surface area (Å²) in [5, 5.41) is 0. The Kier molecular flexibility index (Phi) is 7.39. The van der Waals surface area contributed by atoms with Crippen molar-refractivity contribution in [3.05, 3.63) is 29.8 Å². The maximum atomic E-state index is 11.6. The van der Waals surface area contributed by atoms with E-state index >= 15 is 0 Å². The summed E-state index contributed by atoms with van der Waals surface area (Å²) in [7, 11) is 3.88. The highest BCUT2D eigenvalue weighted by atomic mass is 16.7. The van der Waals surface area contributed by atoms with Gasteiger partial charge >= 0.3 is 12.1 Å². The Morgan fingerprint density at radius 3 is 2.41 bits per heavy atom. The zero-order valence-electron chi connectivity index (χ0n) is 13.4. The molecule has 1 atom stereocenters. The van der Waals surface area contributed by atoms with Gasteiger partial charge in [-0.15, -0.1) is 0 Å². The van der Waals surface area contributed by atoms with E-state index in [1.54, 1.807) is 0 Å². The number of benzene rings is 1. The SMILES string of the molecule is CCCCOC(=O)OC(=O)C[C@H](N)c1ccc(N(C)C)cc1. The first-order valence-corrected chi connectivity index (χ1v) is 7.34. The Balaban J connectivity index is 2.44. The molecule has 6 nitrogen and oxygen atoms in total. The topological polar surface area (TPSA) is 81.9 Å². The van der Waals surface area contributed by atoms with E-state index < -0.39 is 18.2 Å². The molecular formula is C16H24N2O4. The third-order valence-corrected chi connectivity index (χ3v) is 3.14. The monoisotopic (exact) mass is 308 g/mol. The highest BCUT2D eigenvalue weighted by Gasteiger charge is 2.17. The molecule has 122 valence electrons. The summed E-state index contributed by atoms with van der Waals surface area (Å²) < 4.78 is 9.32. The van der Waals surface area contributed by atoms with Crippen molar-refractivity contribution in [1.82, 2.24) is 0 Å². The summed E-state index contributed by atoms with van der Waals surface area (Å²) in [4.78, 5) is 24.9. The van der Waals surface area contributed by atoms with Crippen LogP contribution in [0.15, 0.2) is 24.3 Å². The van der Waals surface area contributed by atoms with Crippen molar-refractivity contribution in [2.45, 2.75) is 32.2 Å². The second-order valence-electron chi connectivity index (χ2n) is 5.22. The summed E-state index contributed by atoms with van der Waals surface area (Å²) in [6, 6.07) is 7.02. The van der Waals surface area contributed by atoms with Crippen molar-refractivity contribution in [1.29, 1.82) is 0 Å². The lowest BCUT2D eigenvalue weighted by molar-refractivity contribution is -0.140. The lowest BCUT2D eigenvalue weighted by atomic mass is 10.0. The Bertz CT molecular complexity index is 485. The molecule has 0 saturated carbocycles. The van der Waals surface area contributed by atoms with E-state index in [9.17, 15) is 9.59 Å². The summed E-state index contributed by atoms with van der Waals surface area (Å²) >= 11 is 0. The zero-order chi connectivity index (χ0) is 16.5. The zero-order valence-corrected chi connectivity index (χ0v) is 13.4. The summed E-state index contributed by atoms with van der Waals surface area (Å²) in [5.41, 5.74) is 7.80. The van der Waals surface area contributed by atoms with E-state index in [-0.39, 0.29) is 13.0 Å². The number of carbonyl (C=O) groups is 2. The number of rotatable bonds is 7. The van der Waals surface area contributed by atoms with Gasteiger partial charge in [0, 0.05) is 25.8 Å². The normalized spacial score (nSPS) is 11.6. The molecule has 6 heteroatoms. The van der Waals surface area contributed by atoms with Crippen LogP contribution in [0, 0.1) is 0 Å². The van der Waals surface area contributed by atoms with Crippen molar-refractivity contribution < 1.29 is 19.1 Å². The molecule has 0 aliphatic heterocycles. The van der Waals surface area contributed by atoms with E-state index in [2.05, 4.69) is 4.74 Å². The number of ether oxygens (including phenoxy) is 2. The minimum absolute atomic E-state index is 0.0792. The summed E-state index contributed by atoms with van der Waals surface area (Å²) in [5.74, 6) is -0.689. The molecular weight excluding hydrogens is 284 g/mol. The molecule has 1 aromatic rings. The van der Waals surface area contributed by atoms with Gasteiger partial charge in [0.1, 0.15) is 0 Å². The van der Waals surface area contributed by atoms with E-state index in [0.29, 0.717) is 0 Å². The first-order chi connectivity index (χ1) is 10.4. The molecule has 0 heterocycles. The van der Waals surface area contributed by atoms with E-state index in [4.69, 9.17) is 10.5 Å². The average molecular weight is 308 g/mol. The highest BCUT2D eigenvalue weighted by molar-refractivity contribution is 5.82. The fourth-order valence-corrected chi connectivity index (χ4v) is 1.78. The van der Waals surface area contributed by atoms with Crippen LogP contribution in [0.25, 0.3) is 0 Å². The molecule has 0 unspecified atom stereocenters. The lowest BCUT2D eigenvalue weighted by Gasteiger charge is -2.15. The Morgan fingerprint density at radius 1 is 1.23 bits per heavy atom. The van der Waals surface area contributed by atoms with Crippen LogP contribution in [0.2, 0.25) is 0 Å². The predicted octanol–water partition coefficient (Wildman–Crippen LogP) is 2.62. The van der Waals surface area contributed by atoms with Gasteiger partial charge in [-0.1, -0.05) is 25.5 Å². The minimum atomic E-state index is -0.964. The molecule has 0 spiro atoms. The molecule has 1 rings (SSSR count). The first kappa shape index (κ1) is 18.0. The van der Waals surface area contributed by atoms with Crippen LogP contribution in [-0.4, -0.2) is 32.8 Å². The number of hydrogen-bond donors (Lipinski definition) is 1. The van der Waals surface area contributed by atoms with Crippen molar-refractivity contribution in [3.8, 4) is 0 Å². The molecule has 0 aliphatic rings. The molecule has 2 N–H and O–H groups in total. The number of nitrogens with two attached hydrogens (primary N) is 1. The number of esters is 1. The van der Waals surface area contributed by atoms with Gasteiger partial charge in [0.2, 0.25) is 0 Å². The predicted molar refractivity (Wildman–Crippen MR) is 84.7 cm³/mol. The number of hydrogen-bond acceptors (Lipinski definition) is 6. The second-order valence-corrected chi connectivity index (χ2v) is 5.22. The van der Waals surface area contributed by atoms with Gasteiger partial charge in [0.25, 0.3) is 0 Å². The standard InChI is InChI=1S/C16H24N2O4/c1-4-5-10-21-16(20)22-15(19)11-14(17)12-6-8-13(9-7-12)18(2)3/h6-9,14H,4-5,10-11,17H2,1-3H3/t14-/m0/s1. The lowest BCUT2D eigenvalue weighted by Crippen LogP contribution is -2.20. The largest absolute Gasteiger partial charge is 0.516 e. The highest BCUT2D eigenvalue weighted by Crippen LogP contribution is 2.19. The average Bonchev–Trinajstić information content (AvgIpc) is 2.47. The molecule has 0 radical (unpaired) electrons. The van der Waals surface area contributed by atoms with Gasteiger partial charge in [-0.25, -0.2) is 4.79 Å². The van der Waals surface area contributed by atoms with Gasteiger partial charge in [0.15, 0.2) is 0 Å². The maximum Gasteiger partial charge on any atom is 0.516 e. The molecule has 0 aromatic heterocycles. The van der Waals surface area contributed by atoms with Crippen LogP contribution in [0.3, 0.4) is 0 Å². The smallest absolute Gasteiger partial charge is 0.434 e. The Morgan fingerprint density at radius 2 is 1.86 bits per heavy atom. The fourth-order valence-electron chi connectivity index (χ4n) is 1.78. The number of carbonyl (C=O) groups excluding carboxylic acids is 2. The third kappa shape index (κ3) is 6.13. The Labute approximate surface area is 131 Å². The van der Waals surface area contributed by atoms with E-state index in [0.717, 1.165) is 24.1 Å². The first-order valence-electron chi connectivity index (χ1n) is 7.34. The minimum Gasteiger partial charge on any atom is -0.434 e. The molecule has 0 amide bonds. The number of nitrogens with zero attached hydrogens (tertiary/aromatic N) is 1. The van der Waals surface area contributed by atoms with Gasteiger partial charge < -0.3 is 20.1 Å². The van der Waals surface area contributed by atoms with Gasteiger partial charge in [-0.3, -0.25) is 4.79 Å². The van der Waals surface area contributed by atoms with Crippen molar-refractivity contribution in [2.75, 3.05) is 25.6 Å². The van der Waals surface area contributed by atoms with Gasteiger partial charge in [-0.05, 0) is 24.1 Å². The fraction of sp³-hybridized carbons (Fsp3) is 0.500. The van der Waals surface area contributed by atoms with Crippen LogP contribution in [-0.2, 0) is 14.3 Å². The van der Waals surface area contributed by atoms with E-state index in [1.807, 2.05) is 50.2 Å². The van der Waals surface area contributed by atoms with Crippen LogP contribution in [0.4, 0.5) is 10.5 Å². The molecule has 0 saturated heterocycles. The summed E-state index contributed by atoms with van der Waals surface area (Å²) in [6.07, 6.45) is 0.592. The van der Waals surface area contributed by atoms with Gasteiger partial charge in [-0.2, -0.15) is 0 Å². The molecule has 0 fully saturated rings. The quantitative estimate of drug-likeness (QED) is 0.474. The molecule has 1 aromatic carbocycles. The van der Waals surface area contributed by atoms with Crippen LogP contribution in [0.5, 0.6) is 0 Å². The molecule has 0 bridgehead atoms. The maximum absolute atomic E-state index is 11.6. The second kappa shape index (κ2) is 9.04. The molecule has 22 heavy (non-hydrogen) atoms. The Hall–Kier alpha value is -2.08. The van der Waals surface area contributed by atoms with Crippen molar-refractivity contribution >= 4 is 17.8 Å². The number of anilines is 1.